The number of benzene rings is 1. The van der Waals surface area contributed by atoms with Crippen LogP contribution in [0, 0.1) is 16.7 Å². The molecule has 1 N–H and O–H groups in total. The number of esters is 1. The Labute approximate surface area is 262 Å². The zero-order valence-corrected chi connectivity index (χ0v) is 27.8. The molecule has 10 heteroatoms. The van der Waals surface area contributed by atoms with Gasteiger partial charge in [-0.25, -0.2) is 0 Å². The average molecular weight is 617 g/mol. The van der Waals surface area contributed by atoms with E-state index in [-0.39, 0.29) is 36.2 Å². The highest BCUT2D eigenvalue weighted by molar-refractivity contribution is 5.92. The van der Waals surface area contributed by atoms with Gasteiger partial charge in [-0.05, 0) is 61.8 Å². The molecular formula is C34H52N2O8. The van der Waals surface area contributed by atoms with Gasteiger partial charge in [0.2, 0.25) is 11.8 Å². The van der Waals surface area contributed by atoms with E-state index < -0.39 is 23.4 Å². The fourth-order valence-electron chi connectivity index (χ4n) is 6.00. The number of likely N-dealkylation sites (tertiary alicyclic amines) is 1. The van der Waals surface area contributed by atoms with Gasteiger partial charge in [0, 0.05) is 44.3 Å². The van der Waals surface area contributed by atoms with Crippen molar-refractivity contribution in [1.82, 2.24) is 10.2 Å². The lowest BCUT2D eigenvalue weighted by atomic mass is 9.65. The molecule has 2 aliphatic rings. The van der Waals surface area contributed by atoms with E-state index in [4.69, 9.17) is 23.7 Å². The van der Waals surface area contributed by atoms with Gasteiger partial charge in [0.15, 0.2) is 11.5 Å². The second-order valence-electron chi connectivity index (χ2n) is 12.8. The third kappa shape index (κ3) is 8.13. The summed E-state index contributed by atoms with van der Waals surface area (Å²) in [6.45, 7) is 12.2. The number of nitrogens with zero attached hydrogens (tertiary/aromatic N) is 1. The Balaban J connectivity index is 1.91. The first-order valence-electron chi connectivity index (χ1n) is 15.8. The van der Waals surface area contributed by atoms with Crippen LogP contribution in [-0.2, 0) is 35.0 Å². The van der Waals surface area contributed by atoms with Crippen LogP contribution in [0.4, 0.5) is 0 Å². The molecule has 0 bridgehead atoms. The summed E-state index contributed by atoms with van der Waals surface area (Å²) in [7, 11) is 4.51. The van der Waals surface area contributed by atoms with Gasteiger partial charge in [-0.1, -0.05) is 40.2 Å². The molecule has 0 aliphatic carbocycles. The second kappa shape index (κ2) is 15.8. The van der Waals surface area contributed by atoms with E-state index >= 15 is 0 Å². The highest BCUT2D eigenvalue weighted by atomic mass is 16.5. The smallest absolute Gasteiger partial charge is 0.320 e. The summed E-state index contributed by atoms with van der Waals surface area (Å²) < 4.78 is 28.3. The Bertz CT molecular complexity index is 1180. The molecule has 2 amide bonds. The molecule has 0 spiro atoms. The molecule has 4 atom stereocenters. The molecule has 0 saturated carbocycles. The van der Waals surface area contributed by atoms with E-state index in [0.717, 1.165) is 18.4 Å². The van der Waals surface area contributed by atoms with Crippen molar-refractivity contribution >= 4 is 17.8 Å². The number of ether oxygens (including phenoxy) is 5. The Kier molecular flexibility index (Phi) is 12.7. The SMILES string of the molecule is CCCCOCCCNC(=O)C[C@H]1C[C@@]2(C(=O)OC)C(=C[C@H](C(C)(C)C)O[C@@H]2C)N(CCc2ccc(OC)c(OC)c2)C1=O. The number of amides is 2. The summed E-state index contributed by atoms with van der Waals surface area (Å²) in [4.78, 5) is 42.7. The molecule has 1 fully saturated rings. The van der Waals surface area contributed by atoms with Crippen molar-refractivity contribution in [1.29, 1.82) is 0 Å². The third-order valence-electron chi connectivity index (χ3n) is 8.62. The Morgan fingerprint density at radius 3 is 2.43 bits per heavy atom. The number of methoxy groups -OCH3 is 3. The maximum absolute atomic E-state index is 14.2. The van der Waals surface area contributed by atoms with Crippen LogP contribution in [0.25, 0.3) is 0 Å². The molecule has 0 aromatic heterocycles. The number of carbonyl (C=O) groups is 3. The van der Waals surface area contributed by atoms with E-state index in [9.17, 15) is 14.4 Å². The van der Waals surface area contributed by atoms with Crippen LogP contribution in [-0.4, -0.2) is 82.5 Å². The van der Waals surface area contributed by atoms with Crippen LogP contribution in [0.15, 0.2) is 30.0 Å². The van der Waals surface area contributed by atoms with Gasteiger partial charge < -0.3 is 33.9 Å². The van der Waals surface area contributed by atoms with Crippen LogP contribution < -0.4 is 14.8 Å². The zero-order chi connectivity index (χ0) is 32.5. The van der Waals surface area contributed by atoms with Crippen molar-refractivity contribution in [3.8, 4) is 11.5 Å². The number of nitrogens with one attached hydrogen (secondary N) is 1. The van der Waals surface area contributed by atoms with Crippen LogP contribution in [0.3, 0.4) is 0 Å². The maximum atomic E-state index is 14.2. The number of rotatable bonds is 15. The third-order valence-corrected chi connectivity index (χ3v) is 8.62. The summed E-state index contributed by atoms with van der Waals surface area (Å²) >= 11 is 0. The van der Waals surface area contributed by atoms with E-state index in [2.05, 4.69) is 33.0 Å². The molecule has 10 nitrogen and oxygen atoms in total. The molecule has 1 aromatic rings. The van der Waals surface area contributed by atoms with Crippen molar-refractivity contribution in [2.24, 2.45) is 16.7 Å². The first-order valence-corrected chi connectivity index (χ1v) is 15.8. The van der Waals surface area contributed by atoms with Crippen LogP contribution in [0.2, 0.25) is 0 Å². The van der Waals surface area contributed by atoms with Gasteiger partial charge in [-0.3, -0.25) is 14.4 Å². The van der Waals surface area contributed by atoms with E-state index in [0.29, 0.717) is 56.3 Å². The Morgan fingerprint density at radius 1 is 1.09 bits per heavy atom. The predicted molar refractivity (Wildman–Crippen MR) is 167 cm³/mol. The van der Waals surface area contributed by atoms with Gasteiger partial charge in [0.1, 0.15) is 5.41 Å². The highest BCUT2D eigenvalue weighted by Gasteiger charge is 2.60. The van der Waals surface area contributed by atoms with E-state index in [1.54, 1.807) is 19.1 Å². The lowest BCUT2D eigenvalue weighted by molar-refractivity contribution is -0.180. The predicted octanol–water partition coefficient (Wildman–Crippen LogP) is 4.68. The van der Waals surface area contributed by atoms with Crippen LogP contribution in [0.1, 0.15) is 72.3 Å². The van der Waals surface area contributed by atoms with Gasteiger partial charge in [0.05, 0.1) is 33.5 Å². The van der Waals surface area contributed by atoms with Crippen molar-refractivity contribution in [2.75, 3.05) is 47.6 Å². The standard InChI is InChI=1S/C34H52N2O8/c1-9-10-17-43-18-11-15-35-30(37)20-25-22-34(32(39)42-8)23(2)44-29(33(3,4)5)21-28(34)36(31(25)38)16-14-24-12-13-26(40-6)27(19-24)41-7/h12-13,19,21,23,25,29H,9-11,14-18,20,22H2,1-8H3,(H,35,37)/t23-,25+,29-,34+/m1/s1. The summed E-state index contributed by atoms with van der Waals surface area (Å²) in [6, 6.07) is 5.65. The minimum atomic E-state index is -1.24. The molecule has 1 saturated heterocycles. The van der Waals surface area contributed by atoms with E-state index in [1.807, 2.05) is 31.2 Å². The average Bonchev–Trinajstić information content (AvgIpc) is 2.99. The van der Waals surface area contributed by atoms with Crippen LogP contribution in [0.5, 0.6) is 11.5 Å². The molecule has 0 radical (unpaired) electrons. The minimum Gasteiger partial charge on any atom is -0.493 e. The summed E-state index contributed by atoms with van der Waals surface area (Å²) in [5, 5.41) is 2.93. The molecule has 1 aromatic carbocycles. The first kappa shape index (κ1) is 35.4. The second-order valence-corrected chi connectivity index (χ2v) is 12.8. The largest absolute Gasteiger partial charge is 0.493 e. The zero-order valence-electron chi connectivity index (χ0n) is 27.8. The molecular weight excluding hydrogens is 564 g/mol. The topological polar surface area (TPSA) is 113 Å². The van der Waals surface area contributed by atoms with Gasteiger partial charge in [0.25, 0.3) is 0 Å². The van der Waals surface area contributed by atoms with Crippen molar-refractivity contribution in [2.45, 2.75) is 85.4 Å². The number of carbonyl (C=O) groups excluding carboxylic acids is 3. The summed E-state index contributed by atoms with van der Waals surface area (Å²) in [5.74, 6) is -0.410. The summed E-state index contributed by atoms with van der Waals surface area (Å²) in [5.41, 5.74) is 0.0150. The first-order chi connectivity index (χ1) is 20.9. The number of unbranched alkanes of at least 4 members (excludes halogenated alkanes) is 1. The number of hydrogen-bond donors (Lipinski definition) is 1. The Morgan fingerprint density at radius 2 is 1.80 bits per heavy atom. The molecule has 246 valence electrons. The van der Waals surface area contributed by atoms with Crippen LogP contribution >= 0.6 is 0 Å². The van der Waals surface area contributed by atoms with E-state index in [1.165, 1.54) is 7.11 Å². The van der Waals surface area contributed by atoms with Gasteiger partial charge in [-0.2, -0.15) is 0 Å². The fraction of sp³-hybridized carbons (Fsp3) is 0.676. The number of fused-ring (bicyclic) bond motifs is 1. The monoisotopic (exact) mass is 616 g/mol. The lowest BCUT2D eigenvalue weighted by Crippen LogP contribution is -2.61. The number of hydrogen-bond acceptors (Lipinski definition) is 8. The normalized spacial score (nSPS) is 23.5. The quantitative estimate of drug-likeness (QED) is 0.223. The molecule has 3 rings (SSSR count). The molecule has 44 heavy (non-hydrogen) atoms. The van der Waals surface area contributed by atoms with Gasteiger partial charge in [-0.15, -0.1) is 0 Å². The molecule has 2 heterocycles. The van der Waals surface area contributed by atoms with Gasteiger partial charge >= 0.3 is 5.97 Å². The molecule has 0 unspecified atom stereocenters. The van der Waals surface area contributed by atoms with Crippen molar-refractivity contribution in [3.63, 3.8) is 0 Å². The maximum Gasteiger partial charge on any atom is 0.320 e. The summed E-state index contributed by atoms with van der Waals surface area (Å²) in [6.07, 6.45) is 4.35. The fourth-order valence-corrected chi connectivity index (χ4v) is 6.00. The lowest BCUT2D eigenvalue weighted by Gasteiger charge is -2.53. The van der Waals surface area contributed by atoms with Crippen molar-refractivity contribution in [3.05, 3.63) is 35.5 Å². The Hall–Kier alpha value is -3.11. The number of piperidine rings is 1. The molecule has 2 aliphatic heterocycles. The minimum absolute atomic E-state index is 0.0379. The highest BCUT2D eigenvalue weighted by Crippen LogP contribution is 2.51. The van der Waals surface area contributed by atoms with Crippen molar-refractivity contribution < 1.29 is 38.1 Å².